The van der Waals surface area contributed by atoms with Crippen LogP contribution < -0.4 is 10.6 Å². The number of rotatable bonds is 5. The molecule has 4 nitrogen and oxygen atoms in total. The minimum Gasteiger partial charge on any atom is -0.376 e. The Kier molecular flexibility index (Phi) is 6.54. The molecule has 20 heavy (non-hydrogen) atoms. The van der Waals surface area contributed by atoms with Crippen molar-refractivity contribution in [3.63, 3.8) is 0 Å². The molecule has 0 atom stereocenters. The van der Waals surface area contributed by atoms with Crippen LogP contribution in [0.2, 0.25) is 5.02 Å². The van der Waals surface area contributed by atoms with Gasteiger partial charge in [0, 0.05) is 15.1 Å². The lowest BCUT2D eigenvalue weighted by atomic mass is 10.1. The molecule has 0 aliphatic carbocycles. The first-order chi connectivity index (χ1) is 9.66. The van der Waals surface area contributed by atoms with Gasteiger partial charge in [0.25, 0.3) is 5.91 Å². The van der Waals surface area contributed by atoms with Crippen LogP contribution in [-0.2, 0) is 4.74 Å². The molecule has 0 aromatic heterocycles. The molecule has 2 rings (SSSR count). The summed E-state index contributed by atoms with van der Waals surface area (Å²) in [5.41, 5.74) is 0.611. The molecular formula is C14H18ClIN2O2. The summed E-state index contributed by atoms with van der Waals surface area (Å²) in [6.45, 7) is 3.09. The van der Waals surface area contributed by atoms with Crippen molar-refractivity contribution in [3.05, 3.63) is 32.4 Å². The number of hydrogen-bond donors (Lipinski definition) is 2. The van der Waals surface area contributed by atoms with Crippen LogP contribution in [-0.4, -0.2) is 38.3 Å². The fourth-order valence-corrected chi connectivity index (χ4v) is 2.87. The molecule has 1 heterocycles. The maximum absolute atomic E-state index is 12.0. The molecule has 1 saturated heterocycles. The summed E-state index contributed by atoms with van der Waals surface area (Å²) in [6.07, 6.45) is 2.40. The van der Waals surface area contributed by atoms with Crippen LogP contribution in [0.15, 0.2) is 18.2 Å². The van der Waals surface area contributed by atoms with E-state index in [0.29, 0.717) is 29.8 Å². The number of hydrogen-bond acceptors (Lipinski definition) is 3. The van der Waals surface area contributed by atoms with E-state index in [-0.39, 0.29) is 5.91 Å². The lowest BCUT2D eigenvalue weighted by Crippen LogP contribution is -2.35. The van der Waals surface area contributed by atoms with Gasteiger partial charge >= 0.3 is 0 Å². The molecule has 0 spiro atoms. The minimum absolute atomic E-state index is 0.106. The second-order valence-electron chi connectivity index (χ2n) is 4.70. The molecule has 6 heteroatoms. The fourth-order valence-electron chi connectivity index (χ4n) is 2.12. The zero-order valence-corrected chi connectivity index (χ0v) is 14.0. The summed E-state index contributed by atoms with van der Waals surface area (Å²) in [6, 6.07) is 5.30. The van der Waals surface area contributed by atoms with E-state index in [1.807, 2.05) is 6.07 Å². The average molecular weight is 409 g/mol. The van der Waals surface area contributed by atoms with E-state index in [1.165, 1.54) is 0 Å². The zero-order valence-electron chi connectivity index (χ0n) is 11.1. The predicted octanol–water partition coefficient (Wildman–Crippen LogP) is 2.44. The van der Waals surface area contributed by atoms with Crippen LogP contribution in [0, 0.1) is 3.57 Å². The molecule has 1 aromatic carbocycles. The van der Waals surface area contributed by atoms with Gasteiger partial charge in [0.05, 0.1) is 18.3 Å². The Morgan fingerprint density at radius 1 is 1.45 bits per heavy atom. The molecule has 0 unspecified atom stereocenters. The van der Waals surface area contributed by atoms with Gasteiger partial charge in [-0.1, -0.05) is 11.6 Å². The van der Waals surface area contributed by atoms with Crippen molar-refractivity contribution in [2.75, 3.05) is 26.2 Å². The third-order valence-electron chi connectivity index (χ3n) is 3.20. The first-order valence-corrected chi connectivity index (χ1v) is 8.18. The molecule has 1 aliphatic heterocycles. The van der Waals surface area contributed by atoms with E-state index in [0.717, 1.165) is 29.5 Å². The Bertz CT molecular complexity index is 464. The van der Waals surface area contributed by atoms with E-state index < -0.39 is 0 Å². The smallest absolute Gasteiger partial charge is 0.252 e. The van der Waals surface area contributed by atoms with Gasteiger partial charge in [0.1, 0.15) is 0 Å². The summed E-state index contributed by atoms with van der Waals surface area (Å²) >= 11 is 8.04. The number of nitrogens with one attached hydrogen (secondary N) is 2. The molecule has 0 bridgehead atoms. The molecule has 0 saturated carbocycles. The molecular weight excluding hydrogens is 391 g/mol. The predicted molar refractivity (Wildman–Crippen MR) is 88.3 cm³/mol. The number of halogens is 2. The standard InChI is InChI=1S/C14H18ClIN2O2/c15-10-1-2-13(16)12(9-10)14(19)18-7-8-20-11-3-5-17-6-4-11/h1-2,9,11,17H,3-8H2,(H,18,19). The van der Waals surface area contributed by atoms with Crippen molar-refractivity contribution in [3.8, 4) is 0 Å². The third kappa shape index (κ3) is 4.87. The van der Waals surface area contributed by atoms with Crippen molar-refractivity contribution in [1.29, 1.82) is 0 Å². The number of carbonyl (C=O) groups excluding carboxylic acids is 1. The van der Waals surface area contributed by atoms with Gasteiger partial charge in [0.15, 0.2) is 0 Å². The molecule has 1 aliphatic rings. The summed E-state index contributed by atoms with van der Waals surface area (Å²) in [7, 11) is 0. The van der Waals surface area contributed by atoms with Gasteiger partial charge in [-0.15, -0.1) is 0 Å². The Morgan fingerprint density at radius 2 is 2.20 bits per heavy atom. The fraction of sp³-hybridized carbons (Fsp3) is 0.500. The third-order valence-corrected chi connectivity index (χ3v) is 4.38. The number of carbonyl (C=O) groups is 1. The molecule has 110 valence electrons. The van der Waals surface area contributed by atoms with E-state index in [9.17, 15) is 4.79 Å². The Balaban J connectivity index is 1.73. The van der Waals surface area contributed by atoms with E-state index in [4.69, 9.17) is 16.3 Å². The van der Waals surface area contributed by atoms with Gasteiger partial charge in [-0.2, -0.15) is 0 Å². The SMILES string of the molecule is O=C(NCCOC1CCNCC1)c1cc(Cl)ccc1I. The largest absolute Gasteiger partial charge is 0.376 e. The second kappa shape index (κ2) is 8.17. The molecule has 2 N–H and O–H groups in total. The van der Waals surface area contributed by atoms with Gasteiger partial charge in [-0.25, -0.2) is 0 Å². The first-order valence-electron chi connectivity index (χ1n) is 6.72. The molecule has 1 amide bonds. The van der Waals surface area contributed by atoms with Crippen LogP contribution in [0.4, 0.5) is 0 Å². The molecule has 1 fully saturated rings. The highest BCUT2D eigenvalue weighted by Gasteiger charge is 2.13. The Morgan fingerprint density at radius 3 is 2.95 bits per heavy atom. The summed E-state index contributed by atoms with van der Waals surface area (Å²) in [5.74, 6) is -0.106. The van der Waals surface area contributed by atoms with E-state index in [2.05, 4.69) is 33.2 Å². The average Bonchev–Trinajstić information content (AvgIpc) is 2.47. The quantitative estimate of drug-likeness (QED) is 0.581. The lowest BCUT2D eigenvalue weighted by Gasteiger charge is -2.22. The highest BCUT2D eigenvalue weighted by molar-refractivity contribution is 14.1. The zero-order chi connectivity index (χ0) is 14.4. The van der Waals surface area contributed by atoms with Gasteiger partial charge in [-0.3, -0.25) is 4.79 Å². The van der Waals surface area contributed by atoms with Crippen molar-refractivity contribution in [2.45, 2.75) is 18.9 Å². The Labute approximate surface area is 137 Å². The minimum atomic E-state index is -0.106. The summed E-state index contributed by atoms with van der Waals surface area (Å²) in [5, 5.41) is 6.73. The van der Waals surface area contributed by atoms with Crippen LogP contribution in [0.3, 0.4) is 0 Å². The number of ether oxygens (including phenoxy) is 1. The number of piperidine rings is 1. The van der Waals surface area contributed by atoms with Gasteiger partial charge < -0.3 is 15.4 Å². The van der Waals surface area contributed by atoms with Crippen molar-refractivity contribution in [1.82, 2.24) is 10.6 Å². The highest BCUT2D eigenvalue weighted by Crippen LogP contribution is 2.17. The second-order valence-corrected chi connectivity index (χ2v) is 6.30. The summed E-state index contributed by atoms with van der Waals surface area (Å²) < 4.78 is 6.63. The van der Waals surface area contributed by atoms with Crippen LogP contribution in [0.1, 0.15) is 23.2 Å². The van der Waals surface area contributed by atoms with Crippen LogP contribution in [0.25, 0.3) is 0 Å². The van der Waals surface area contributed by atoms with Crippen molar-refractivity contribution >= 4 is 40.1 Å². The van der Waals surface area contributed by atoms with E-state index >= 15 is 0 Å². The van der Waals surface area contributed by atoms with Crippen molar-refractivity contribution < 1.29 is 9.53 Å². The van der Waals surface area contributed by atoms with Crippen LogP contribution in [0.5, 0.6) is 0 Å². The highest BCUT2D eigenvalue weighted by atomic mass is 127. The topological polar surface area (TPSA) is 50.4 Å². The van der Waals surface area contributed by atoms with Gasteiger partial charge in [-0.05, 0) is 66.7 Å². The number of benzene rings is 1. The summed E-state index contributed by atoms with van der Waals surface area (Å²) in [4.78, 5) is 12.0. The maximum Gasteiger partial charge on any atom is 0.252 e. The van der Waals surface area contributed by atoms with Crippen molar-refractivity contribution in [2.24, 2.45) is 0 Å². The lowest BCUT2D eigenvalue weighted by molar-refractivity contribution is 0.0343. The van der Waals surface area contributed by atoms with E-state index in [1.54, 1.807) is 12.1 Å². The monoisotopic (exact) mass is 408 g/mol. The molecule has 0 radical (unpaired) electrons. The van der Waals surface area contributed by atoms with Gasteiger partial charge in [0.2, 0.25) is 0 Å². The first kappa shape index (κ1) is 16.0. The number of amides is 1. The normalized spacial score (nSPS) is 16.1. The molecule has 1 aromatic rings. The van der Waals surface area contributed by atoms with Crippen LogP contribution >= 0.6 is 34.2 Å². The maximum atomic E-state index is 12.0. The Hall–Kier alpha value is -0.370.